The Kier molecular flexibility index (Phi) is 5.58. The van der Waals surface area contributed by atoms with Crippen molar-refractivity contribution in [3.05, 3.63) is 34.9 Å². The largest absolute Gasteiger partial charge is 0.481 e. The first-order chi connectivity index (χ1) is 10.5. The Morgan fingerprint density at radius 1 is 1.23 bits per heavy atom. The standard InChI is InChI=1S/C18H25NO3/c1-13-7-5-8-15(14(13)2)16-9-6-12-19(16)17(20)10-3-4-11-18(21)22/h5,7-8,16H,3-4,6,9-12H2,1-2H3,(H,21,22). The average Bonchev–Trinajstić information content (AvgIpc) is 2.95. The molecule has 0 bridgehead atoms. The highest BCUT2D eigenvalue weighted by Gasteiger charge is 2.30. The summed E-state index contributed by atoms with van der Waals surface area (Å²) in [6.07, 6.45) is 3.89. The van der Waals surface area contributed by atoms with Gasteiger partial charge >= 0.3 is 5.97 Å². The number of aliphatic carboxylic acids is 1. The second kappa shape index (κ2) is 7.43. The molecule has 0 aliphatic carbocycles. The Morgan fingerprint density at radius 3 is 2.68 bits per heavy atom. The van der Waals surface area contributed by atoms with Crippen LogP contribution in [-0.4, -0.2) is 28.4 Å². The van der Waals surface area contributed by atoms with E-state index in [1.54, 1.807) is 0 Å². The van der Waals surface area contributed by atoms with Gasteiger partial charge in [0.05, 0.1) is 6.04 Å². The molecule has 1 amide bonds. The van der Waals surface area contributed by atoms with Crippen LogP contribution in [-0.2, 0) is 9.59 Å². The molecule has 1 aromatic rings. The third kappa shape index (κ3) is 3.87. The van der Waals surface area contributed by atoms with Gasteiger partial charge in [-0.25, -0.2) is 0 Å². The van der Waals surface area contributed by atoms with Gasteiger partial charge in [-0.15, -0.1) is 0 Å². The van der Waals surface area contributed by atoms with E-state index in [0.29, 0.717) is 19.3 Å². The molecule has 120 valence electrons. The Bertz CT molecular complexity index is 553. The van der Waals surface area contributed by atoms with Crippen LogP contribution in [0, 0.1) is 13.8 Å². The van der Waals surface area contributed by atoms with Crippen molar-refractivity contribution in [1.82, 2.24) is 4.90 Å². The van der Waals surface area contributed by atoms with E-state index in [1.165, 1.54) is 16.7 Å². The number of hydrogen-bond acceptors (Lipinski definition) is 2. The molecule has 1 atom stereocenters. The molecule has 2 rings (SSSR count). The molecule has 0 aromatic heterocycles. The van der Waals surface area contributed by atoms with Crippen molar-refractivity contribution in [1.29, 1.82) is 0 Å². The molecule has 1 unspecified atom stereocenters. The molecule has 1 saturated heterocycles. The lowest BCUT2D eigenvalue weighted by molar-refractivity contribution is -0.137. The van der Waals surface area contributed by atoms with Gasteiger partial charge in [0.1, 0.15) is 0 Å². The fourth-order valence-corrected chi connectivity index (χ4v) is 3.22. The summed E-state index contributed by atoms with van der Waals surface area (Å²) in [7, 11) is 0. The lowest BCUT2D eigenvalue weighted by Gasteiger charge is -2.27. The third-order valence-electron chi connectivity index (χ3n) is 4.61. The van der Waals surface area contributed by atoms with Crippen LogP contribution < -0.4 is 0 Å². The average molecular weight is 303 g/mol. The molecule has 0 radical (unpaired) electrons. The van der Waals surface area contributed by atoms with Gasteiger partial charge < -0.3 is 10.0 Å². The highest BCUT2D eigenvalue weighted by Crippen LogP contribution is 2.35. The zero-order valence-electron chi connectivity index (χ0n) is 13.5. The second-order valence-corrected chi connectivity index (χ2v) is 6.14. The maximum Gasteiger partial charge on any atom is 0.303 e. The molecular weight excluding hydrogens is 278 g/mol. The van der Waals surface area contributed by atoms with E-state index in [4.69, 9.17) is 5.11 Å². The van der Waals surface area contributed by atoms with Crippen molar-refractivity contribution in [2.75, 3.05) is 6.54 Å². The maximum atomic E-state index is 12.4. The van der Waals surface area contributed by atoms with Gasteiger partial charge in [-0.3, -0.25) is 9.59 Å². The van der Waals surface area contributed by atoms with Crippen molar-refractivity contribution in [3.8, 4) is 0 Å². The van der Waals surface area contributed by atoms with Crippen LogP contribution in [0.15, 0.2) is 18.2 Å². The first kappa shape index (κ1) is 16.5. The number of carboxylic acids is 1. The zero-order valence-corrected chi connectivity index (χ0v) is 13.5. The van der Waals surface area contributed by atoms with Gasteiger partial charge in [-0.1, -0.05) is 18.2 Å². The number of nitrogens with zero attached hydrogens (tertiary/aromatic N) is 1. The normalized spacial score (nSPS) is 17.7. The van der Waals surface area contributed by atoms with Gasteiger partial charge in [0, 0.05) is 19.4 Å². The van der Waals surface area contributed by atoms with Crippen molar-refractivity contribution in [3.63, 3.8) is 0 Å². The molecule has 1 N–H and O–H groups in total. The summed E-state index contributed by atoms with van der Waals surface area (Å²) >= 11 is 0. The molecule has 1 aromatic carbocycles. The van der Waals surface area contributed by atoms with E-state index in [-0.39, 0.29) is 18.4 Å². The number of carboxylic acid groups (broad SMARTS) is 1. The molecular formula is C18H25NO3. The van der Waals surface area contributed by atoms with Gasteiger partial charge in [0.25, 0.3) is 0 Å². The van der Waals surface area contributed by atoms with Crippen LogP contribution in [0.3, 0.4) is 0 Å². The van der Waals surface area contributed by atoms with Crippen LogP contribution in [0.5, 0.6) is 0 Å². The number of carbonyl (C=O) groups is 2. The molecule has 1 fully saturated rings. The Balaban J connectivity index is 1.99. The van der Waals surface area contributed by atoms with Crippen molar-refractivity contribution in [2.24, 2.45) is 0 Å². The van der Waals surface area contributed by atoms with Crippen LogP contribution >= 0.6 is 0 Å². The lowest BCUT2D eigenvalue weighted by atomic mass is 9.96. The summed E-state index contributed by atoms with van der Waals surface area (Å²) in [6.45, 7) is 5.04. The number of hydrogen-bond donors (Lipinski definition) is 1. The molecule has 1 aliphatic rings. The predicted molar refractivity (Wildman–Crippen MR) is 85.7 cm³/mol. The first-order valence-electron chi connectivity index (χ1n) is 8.08. The van der Waals surface area contributed by atoms with E-state index in [1.807, 2.05) is 4.90 Å². The van der Waals surface area contributed by atoms with Crippen LogP contribution in [0.4, 0.5) is 0 Å². The Labute approximate surface area is 132 Å². The van der Waals surface area contributed by atoms with Crippen LogP contribution in [0.25, 0.3) is 0 Å². The Hall–Kier alpha value is -1.84. The minimum absolute atomic E-state index is 0.147. The summed E-state index contributed by atoms with van der Waals surface area (Å²) in [5.41, 5.74) is 3.80. The SMILES string of the molecule is Cc1cccc(C2CCCN2C(=O)CCCCC(=O)O)c1C. The Morgan fingerprint density at radius 2 is 1.95 bits per heavy atom. The highest BCUT2D eigenvalue weighted by atomic mass is 16.4. The topological polar surface area (TPSA) is 57.6 Å². The minimum atomic E-state index is -0.790. The van der Waals surface area contributed by atoms with E-state index in [9.17, 15) is 9.59 Å². The molecule has 4 heteroatoms. The summed E-state index contributed by atoms with van der Waals surface area (Å²) in [5, 5.41) is 8.64. The zero-order chi connectivity index (χ0) is 16.1. The van der Waals surface area contributed by atoms with Crippen LogP contribution in [0.2, 0.25) is 0 Å². The van der Waals surface area contributed by atoms with Gasteiger partial charge in [0.15, 0.2) is 0 Å². The third-order valence-corrected chi connectivity index (χ3v) is 4.61. The number of aryl methyl sites for hydroxylation is 1. The summed E-state index contributed by atoms with van der Waals surface area (Å²) in [4.78, 5) is 24.9. The number of unbranched alkanes of at least 4 members (excludes halogenated alkanes) is 1. The number of likely N-dealkylation sites (tertiary alicyclic amines) is 1. The fourth-order valence-electron chi connectivity index (χ4n) is 3.22. The number of carbonyl (C=O) groups excluding carboxylic acids is 1. The molecule has 4 nitrogen and oxygen atoms in total. The maximum absolute atomic E-state index is 12.4. The quantitative estimate of drug-likeness (QED) is 0.817. The van der Waals surface area contributed by atoms with Crippen molar-refractivity contribution < 1.29 is 14.7 Å². The molecule has 0 spiro atoms. The predicted octanol–water partition coefficient (Wildman–Crippen LogP) is 3.61. The highest BCUT2D eigenvalue weighted by molar-refractivity contribution is 5.77. The second-order valence-electron chi connectivity index (χ2n) is 6.14. The van der Waals surface area contributed by atoms with Crippen molar-refractivity contribution >= 4 is 11.9 Å². The van der Waals surface area contributed by atoms with Gasteiger partial charge in [0.2, 0.25) is 5.91 Å². The molecule has 1 heterocycles. The number of amides is 1. The first-order valence-corrected chi connectivity index (χ1v) is 8.08. The van der Waals surface area contributed by atoms with E-state index in [2.05, 4.69) is 32.0 Å². The van der Waals surface area contributed by atoms with E-state index < -0.39 is 5.97 Å². The van der Waals surface area contributed by atoms with Crippen molar-refractivity contribution in [2.45, 2.75) is 58.4 Å². The molecule has 22 heavy (non-hydrogen) atoms. The summed E-state index contributed by atoms with van der Waals surface area (Å²) < 4.78 is 0. The minimum Gasteiger partial charge on any atom is -0.481 e. The lowest BCUT2D eigenvalue weighted by Crippen LogP contribution is -2.30. The number of rotatable bonds is 6. The summed E-state index contributed by atoms with van der Waals surface area (Å²) in [5.74, 6) is -0.629. The fraction of sp³-hybridized carbons (Fsp3) is 0.556. The van der Waals surface area contributed by atoms with Crippen LogP contribution in [0.1, 0.15) is 61.3 Å². The summed E-state index contributed by atoms with van der Waals surface area (Å²) in [6, 6.07) is 6.48. The molecule has 1 aliphatic heterocycles. The van der Waals surface area contributed by atoms with Gasteiger partial charge in [-0.2, -0.15) is 0 Å². The monoisotopic (exact) mass is 303 g/mol. The van der Waals surface area contributed by atoms with E-state index >= 15 is 0 Å². The smallest absolute Gasteiger partial charge is 0.303 e. The van der Waals surface area contributed by atoms with E-state index in [0.717, 1.165) is 19.4 Å². The molecule has 0 saturated carbocycles. The van der Waals surface area contributed by atoms with Gasteiger partial charge in [-0.05, 0) is 56.2 Å². The number of benzene rings is 1.